The molecular weight excluding hydrogens is 393 g/mol. The van der Waals surface area contributed by atoms with Gasteiger partial charge in [0, 0.05) is 6.92 Å². The van der Waals surface area contributed by atoms with Crippen LogP contribution in [0.25, 0.3) is 0 Å². The minimum absolute atomic E-state index is 0. The van der Waals surface area contributed by atoms with Gasteiger partial charge in [0.15, 0.2) is 0 Å². The minimum atomic E-state index is -4.57. The molecule has 0 bridgehead atoms. The van der Waals surface area contributed by atoms with Crippen molar-refractivity contribution in [3.05, 3.63) is 22.1 Å². The van der Waals surface area contributed by atoms with Gasteiger partial charge >= 0.3 is 72.8 Å². The summed E-state index contributed by atoms with van der Waals surface area (Å²) >= 11 is 0. The molecule has 2 rings (SSSR count). The van der Waals surface area contributed by atoms with Crippen molar-refractivity contribution in [2.45, 2.75) is 33.0 Å². The molecule has 2 atom stereocenters. The van der Waals surface area contributed by atoms with Crippen molar-refractivity contribution in [3.63, 3.8) is 0 Å². The number of hydrazine groups is 1. The van der Waals surface area contributed by atoms with Gasteiger partial charge in [-0.15, -0.1) is 0 Å². The third-order valence-corrected chi connectivity index (χ3v) is 4.23. The third kappa shape index (κ3) is 6.42. The van der Waals surface area contributed by atoms with E-state index >= 15 is 0 Å². The van der Waals surface area contributed by atoms with Crippen molar-refractivity contribution in [2.24, 2.45) is 0 Å². The molecule has 15 heteroatoms. The summed E-state index contributed by atoms with van der Waals surface area (Å²) in [4.78, 5) is 32.1. The Hall–Kier alpha value is 0.280. The van der Waals surface area contributed by atoms with E-state index in [1.807, 2.05) is 0 Å². The molecule has 12 nitrogen and oxygen atoms in total. The first-order valence-corrected chi connectivity index (χ1v) is 8.64. The number of morpholine rings is 1. The number of ether oxygens (including phenoxy) is 1. The summed E-state index contributed by atoms with van der Waals surface area (Å²) in [6.45, 7) is 4.82. The average molecular weight is 414 g/mol. The maximum absolute atomic E-state index is 11.9. The van der Waals surface area contributed by atoms with E-state index in [1.165, 1.54) is 30.8 Å². The van der Waals surface area contributed by atoms with Crippen LogP contribution in [0.3, 0.4) is 0 Å². The zero-order chi connectivity index (χ0) is 18.1. The van der Waals surface area contributed by atoms with Gasteiger partial charge in [-0.1, -0.05) is 9.69 Å². The summed E-state index contributed by atoms with van der Waals surface area (Å²) in [5.74, 6) is -0.983. The number of rotatable bonds is 6. The monoisotopic (exact) mass is 414 g/mol. The molecule has 0 radical (unpaired) electrons. The molecular formula is C11H21N4Na2O8P. The van der Waals surface area contributed by atoms with Gasteiger partial charge in [0.2, 0.25) is 6.17 Å². The normalized spacial score (nSPS) is 22.5. The number of phosphoric acid groups is 1. The Bertz CT molecular complexity index is 607. The first-order valence-electron chi connectivity index (χ1n) is 7.15. The first kappa shape index (κ1) is 26.3. The molecule has 26 heavy (non-hydrogen) atoms. The van der Waals surface area contributed by atoms with Gasteiger partial charge in [0.1, 0.15) is 12.8 Å². The second kappa shape index (κ2) is 10.7. The van der Waals surface area contributed by atoms with E-state index in [9.17, 15) is 24.4 Å². The van der Waals surface area contributed by atoms with Crippen molar-refractivity contribution >= 4 is 72.8 Å². The van der Waals surface area contributed by atoms with Crippen LogP contribution in [0.4, 0.5) is 0 Å². The molecule has 0 saturated carbocycles. The predicted octanol–water partition coefficient (Wildman–Crippen LogP) is -1.04. The summed E-state index contributed by atoms with van der Waals surface area (Å²) in [6.07, 6.45) is -0.481. The molecule has 1 amide bonds. The second-order valence-corrected chi connectivity index (χ2v) is 6.67. The zero-order valence-electron chi connectivity index (χ0n) is 13.4. The van der Waals surface area contributed by atoms with Crippen molar-refractivity contribution in [2.75, 3.05) is 19.8 Å². The zero-order valence-corrected chi connectivity index (χ0v) is 14.3. The van der Waals surface area contributed by atoms with E-state index in [2.05, 4.69) is 0 Å². The standard InChI is InChI=1S/C11H19N4O8P.2Na.2H/c1-8(2)22-24(19,20)23-14-9(3)13(6-10(14)15(17)18)12-4-5-21-7-11(12)16;;;;/h6,8-9H,4-5,7H2,1-3H3,(H,19,20);;;;. The number of carbonyl (C=O) groups is 1. The number of hydroxylamine groups is 2. The SMILES string of the molecule is CC(C)OP(=O)(O)ON1C([N+](=O)[O-])=CN(N2CCOCC2=O)C1C.[NaH].[NaH]. The van der Waals surface area contributed by atoms with Crippen LogP contribution in [-0.2, 0) is 23.2 Å². The van der Waals surface area contributed by atoms with Crippen LogP contribution >= 0.6 is 7.82 Å². The molecule has 2 aliphatic heterocycles. The number of phosphoric ester groups is 1. The van der Waals surface area contributed by atoms with Gasteiger partial charge in [-0.2, -0.15) is 0 Å². The number of hydrogen-bond donors (Lipinski definition) is 1. The topological polar surface area (TPSA) is 135 Å². The van der Waals surface area contributed by atoms with Crippen LogP contribution in [-0.4, -0.2) is 122 Å². The van der Waals surface area contributed by atoms with Crippen LogP contribution < -0.4 is 0 Å². The molecule has 2 aliphatic rings. The Kier molecular flexibility index (Phi) is 10.8. The van der Waals surface area contributed by atoms with Gasteiger partial charge in [-0.3, -0.25) is 9.32 Å². The van der Waals surface area contributed by atoms with E-state index in [0.717, 1.165) is 6.20 Å². The summed E-state index contributed by atoms with van der Waals surface area (Å²) in [5.41, 5.74) is 0. The van der Waals surface area contributed by atoms with E-state index < -0.39 is 30.8 Å². The fourth-order valence-electron chi connectivity index (χ4n) is 2.24. The Morgan fingerprint density at radius 1 is 1.46 bits per heavy atom. The molecule has 1 fully saturated rings. The number of nitrogens with zero attached hydrogens (tertiary/aromatic N) is 4. The maximum atomic E-state index is 11.9. The fraction of sp³-hybridized carbons (Fsp3) is 0.727. The van der Waals surface area contributed by atoms with Crippen LogP contribution in [0.1, 0.15) is 20.8 Å². The third-order valence-electron chi connectivity index (χ3n) is 3.16. The van der Waals surface area contributed by atoms with Crippen molar-refractivity contribution in [3.8, 4) is 0 Å². The first-order chi connectivity index (χ1) is 11.1. The van der Waals surface area contributed by atoms with Crippen molar-refractivity contribution < 1.29 is 33.1 Å². The molecule has 2 unspecified atom stereocenters. The Labute approximate surface area is 194 Å². The summed E-state index contributed by atoms with van der Waals surface area (Å²) in [5, 5.41) is 14.4. The van der Waals surface area contributed by atoms with Crippen LogP contribution in [0.5, 0.6) is 0 Å². The molecule has 1 saturated heterocycles. The number of carbonyl (C=O) groups excluding carboxylic acids is 1. The van der Waals surface area contributed by atoms with E-state index in [0.29, 0.717) is 5.06 Å². The fourth-order valence-corrected chi connectivity index (χ4v) is 3.26. The van der Waals surface area contributed by atoms with Gasteiger partial charge < -0.3 is 19.7 Å². The summed E-state index contributed by atoms with van der Waals surface area (Å²) in [6, 6.07) is 0. The van der Waals surface area contributed by atoms with Crippen LogP contribution in [0, 0.1) is 10.1 Å². The predicted molar refractivity (Wildman–Crippen MR) is 92.2 cm³/mol. The quantitative estimate of drug-likeness (QED) is 0.248. The number of amides is 1. The van der Waals surface area contributed by atoms with Gasteiger partial charge in [-0.05, 0) is 18.8 Å². The molecule has 0 aromatic rings. The molecule has 1 N–H and O–H groups in total. The second-order valence-electron chi connectivity index (χ2n) is 5.36. The van der Waals surface area contributed by atoms with E-state index in [1.54, 1.807) is 0 Å². The average Bonchev–Trinajstić information content (AvgIpc) is 2.75. The number of hydrogen-bond acceptors (Lipinski definition) is 9. The Morgan fingerprint density at radius 2 is 2.08 bits per heavy atom. The van der Waals surface area contributed by atoms with E-state index in [4.69, 9.17) is 13.9 Å². The van der Waals surface area contributed by atoms with Gasteiger partial charge in [-0.25, -0.2) is 14.6 Å². The summed E-state index contributed by atoms with van der Waals surface area (Å²) in [7, 11) is -4.57. The summed E-state index contributed by atoms with van der Waals surface area (Å²) < 4.78 is 26.6. The van der Waals surface area contributed by atoms with Crippen LogP contribution in [0.2, 0.25) is 0 Å². The van der Waals surface area contributed by atoms with Crippen molar-refractivity contribution in [1.29, 1.82) is 0 Å². The van der Waals surface area contributed by atoms with Crippen LogP contribution in [0.15, 0.2) is 12.0 Å². The number of nitro groups is 1. The molecule has 0 aromatic carbocycles. The molecule has 140 valence electrons. The van der Waals surface area contributed by atoms with Gasteiger partial charge in [0.25, 0.3) is 5.91 Å². The molecule has 0 aliphatic carbocycles. The molecule has 0 aromatic heterocycles. The van der Waals surface area contributed by atoms with Crippen molar-refractivity contribution in [1.82, 2.24) is 15.1 Å². The Morgan fingerprint density at radius 3 is 2.58 bits per heavy atom. The van der Waals surface area contributed by atoms with E-state index in [-0.39, 0.29) is 84.8 Å². The molecule has 0 spiro atoms. The molecule has 2 heterocycles. The Balaban J connectivity index is 0.00000312. The van der Waals surface area contributed by atoms with Gasteiger partial charge in [0.05, 0.1) is 19.3 Å².